The molecule has 5 unspecified atom stereocenters. The number of nitrogens with zero attached hydrogens (tertiary/aromatic N) is 2. The first kappa shape index (κ1) is 26.5. The number of rotatable bonds is 11. The van der Waals surface area contributed by atoms with E-state index in [0.29, 0.717) is 37.7 Å². The van der Waals surface area contributed by atoms with E-state index < -0.39 is 12.4 Å². The van der Waals surface area contributed by atoms with E-state index >= 15 is 0 Å². The van der Waals surface area contributed by atoms with E-state index in [-0.39, 0.29) is 18.1 Å². The van der Waals surface area contributed by atoms with Crippen molar-refractivity contribution in [3.63, 3.8) is 0 Å². The largest absolute Gasteiger partial charge is 0.392 e. The summed E-state index contributed by atoms with van der Waals surface area (Å²) in [4.78, 5) is 23.9. The number of aldehydes is 2. The third kappa shape index (κ3) is 7.45. The van der Waals surface area contributed by atoms with Gasteiger partial charge in [0.05, 0.1) is 18.1 Å². The maximum Gasteiger partial charge on any atom is 0.175 e. The maximum absolute atomic E-state index is 11.3. The lowest BCUT2D eigenvalue weighted by atomic mass is 9.84. The topological polar surface area (TPSA) is 90.1 Å². The third-order valence-electron chi connectivity index (χ3n) is 7.23. The molecule has 3 aliphatic heterocycles. The van der Waals surface area contributed by atoms with Crippen molar-refractivity contribution in [2.24, 2.45) is 5.92 Å². The first-order valence-corrected chi connectivity index (χ1v) is 12.7. The third-order valence-corrected chi connectivity index (χ3v) is 7.23. The zero-order valence-electron chi connectivity index (χ0n) is 20.6. The minimum absolute atomic E-state index is 0.0270. The summed E-state index contributed by atoms with van der Waals surface area (Å²) < 4.78 is 8.04. The fraction of sp³-hybridized carbons (Fsp3) is 0.667. The number of allylic oxidation sites excluding steroid dienone is 2. The Balaban J connectivity index is 1.56. The van der Waals surface area contributed by atoms with Gasteiger partial charge in [-0.15, -0.1) is 0 Å². The molecule has 0 spiro atoms. The van der Waals surface area contributed by atoms with E-state index in [0.717, 1.165) is 51.1 Å². The maximum atomic E-state index is 11.3. The standard InChI is InChI=1S/C27H41N2O5/c1-28-16-22(15-23(17-28)26-8-6-9-27(33)34-26)24-12-11-21(18-29(24)2)25(32)13-10-20(19-31)7-4-3-5-14-30/h7,14,16-19,21,24-27,32-33H,3-6,8-13,15H2,1-2H3/q+1/b20-7+. The first-order chi connectivity index (χ1) is 16.4. The summed E-state index contributed by atoms with van der Waals surface area (Å²) >= 11 is 0. The van der Waals surface area contributed by atoms with Crippen LogP contribution in [0, 0.1) is 5.92 Å². The molecular weight excluding hydrogens is 432 g/mol. The Morgan fingerprint density at radius 2 is 2.00 bits per heavy atom. The molecule has 0 bridgehead atoms. The molecule has 0 aromatic carbocycles. The lowest BCUT2D eigenvalue weighted by molar-refractivity contribution is -0.532. The predicted molar refractivity (Wildman–Crippen MR) is 131 cm³/mol. The molecule has 0 amide bonds. The molecule has 1 saturated heterocycles. The highest BCUT2D eigenvalue weighted by Crippen LogP contribution is 2.34. The first-order valence-electron chi connectivity index (χ1n) is 12.7. The summed E-state index contributed by atoms with van der Waals surface area (Å²) in [5.41, 5.74) is 3.25. The van der Waals surface area contributed by atoms with Gasteiger partial charge in [-0.2, -0.15) is 0 Å². The van der Waals surface area contributed by atoms with Gasteiger partial charge >= 0.3 is 0 Å². The Bertz CT molecular complexity index is 831. The fourth-order valence-electron chi connectivity index (χ4n) is 5.36. The van der Waals surface area contributed by atoms with Crippen LogP contribution in [0.25, 0.3) is 0 Å². The summed E-state index contributed by atoms with van der Waals surface area (Å²) in [5.74, 6) is 0.0676. The van der Waals surface area contributed by atoms with Crippen molar-refractivity contribution < 1.29 is 29.1 Å². The number of ether oxygens (including phenoxy) is 1. The van der Waals surface area contributed by atoms with Crippen LogP contribution in [-0.4, -0.2) is 77.1 Å². The molecule has 0 aromatic heterocycles. The summed E-state index contributed by atoms with van der Waals surface area (Å²) in [5, 5.41) is 20.7. The molecule has 3 heterocycles. The monoisotopic (exact) mass is 473 g/mol. The average molecular weight is 474 g/mol. The van der Waals surface area contributed by atoms with Crippen LogP contribution in [0.15, 0.2) is 35.2 Å². The van der Waals surface area contributed by atoms with Crippen molar-refractivity contribution in [2.45, 2.75) is 95.2 Å². The molecule has 0 radical (unpaired) electrons. The van der Waals surface area contributed by atoms with Crippen LogP contribution in [-0.2, 0) is 14.3 Å². The minimum atomic E-state index is -0.668. The summed E-state index contributed by atoms with van der Waals surface area (Å²) in [7, 11) is 4.11. The molecule has 34 heavy (non-hydrogen) atoms. The number of hydrogen-bond acceptors (Lipinski definition) is 6. The highest BCUT2D eigenvalue weighted by atomic mass is 16.6. The number of hydrogen-bond donors (Lipinski definition) is 2. The van der Waals surface area contributed by atoms with Gasteiger partial charge in [-0.3, -0.25) is 4.79 Å². The molecule has 1 fully saturated rings. The molecule has 3 rings (SSSR count). The average Bonchev–Trinajstić information content (AvgIpc) is 2.83. The zero-order chi connectivity index (χ0) is 24.5. The molecular formula is C27H41N2O5+. The Labute approximate surface area is 203 Å². The normalized spacial score (nSPS) is 29.1. The summed E-state index contributed by atoms with van der Waals surface area (Å²) in [6.07, 6.45) is 17.3. The van der Waals surface area contributed by atoms with Gasteiger partial charge in [-0.25, -0.2) is 4.58 Å². The molecule has 3 aliphatic rings. The second-order valence-electron chi connectivity index (χ2n) is 9.93. The number of aliphatic hydroxyl groups is 2. The van der Waals surface area contributed by atoms with E-state index in [9.17, 15) is 19.8 Å². The van der Waals surface area contributed by atoms with Gasteiger partial charge in [0.15, 0.2) is 12.3 Å². The van der Waals surface area contributed by atoms with Crippen LogP contribution in [0.3, 0.4) is 0 Å². The van der Waals surface area contributed by atoms with Crippen molar-refractivity contribution in [1.29, 1.82) is 0 Å². The van der Waals surface area contributed by atoms with Crippen molar-refractivity contribution in [3.8, 4) is 0 Å². The highest BCUT2D eigenvalue weighted by molar-refractivity contribution is 5.73. The van der Waals surface area contributed by atoms with E-state index in [2.05, 4.69) is 35.1 Å². The minimum Gasteiger partial charge on any atom is -0.392 e. The second-order valence-corrected chi connectivity index (χ2v) is 9.93. The van der Waals surface area contributed by atoms with Crippen LogP contribution in [0.1, 0.15) is 70.6 Å². The second kappa shape index (κ2) is 13.1. The van der Waals surface area contributed by atoms with Gasteiger partial charge in [0.1, 0.15) is 25.8 Å². The molecule has 0 aromatic rings. The fourth-order valence-corrected chi connectivity index (χ4v) is 5.36. The molecule has 0 aliphatic carbocycles. The lowest BCUT2D eigenvalue weighted by Crippen LogP contribution is -2.39. The van der Waals surface area contributed by atoms with Crippen LogP contribution in [0.5, 0.6) is 0 Å². The van der Waals surface area contributed by atoms with Gasteiger partial charge in [-0.05, 0) is 62.5 Å². The van der Waals surface area contributed by atoms with Crippen molar-refractivity contribution in [3.05, 3.63) is 35.2 Å². The number of unbranched alkanes of at least 4 members (excludes halogenated alkanes) is 2. The predicted octanol–water partition coefficient (Wildman–Crippen LogP) is 3.10. The van der Waals surface area contributed by atoms with Crippen molar-refractivity contribution >= 4 is 18.8 Å². The smallest absolute Gasteiger partial charge is 0.175 e. The molecule has 188 valence electrons. The highest BCUT2D eigenvalue weighted by Gasteiger charge is 2.35. The van der Waals surface area contributed by atoms with E-state index in [4.69, 9.17) is 4.74 Å². The van der Waals surface area contributed by atoms with E-state index in [1.54, 1.807) is 0 Å². The van der Waals surface area contributed by atoms with E-state index in [1.807, 2.05) is 13.1 Å². The van der Waals surface area contributed by atoms with Gasteiger partial charge in [-0.1, -0.05) is 6.08 Å². The quantitative estimate of drug-likeness (QED) is 0.207. The SMILES string of the molecule is CN1C=C(C2CCCC(O)O2)CC(C2CCC(C(O)CC/C(C=O)=C\CCCC=O)C=[N+]2C)=C1. The summed E-state index contributed by atoms with van der Waals surface area (Å²) in [6, 6.07) is 0.270. The number of carbonyl (C=O) groups is 2. The molecule has 7 heteroatoms. The number of likely N-dealkylation sites (N-methyl/N-ethyl adjacent to an activating group) is 1. The zero-order valence-corrected chi connectivity index (χ0v) is 20.6. The number of aliphatic hydroxyl groups excluding tert-OH is 2. The Hall–Kier alpha value is -2.09. The molecule has 0 saturated carbocycles. The Morgan fingerprint density at radius 3 is 2.71 bits per heavy atom. The Kier molecular flexibility index (Phi) is 10.2. The van der Waals surface area contributed by atoms with Gasteiger partial charge in [0, 0.05) is 44.3 Å². The summed E-state index contributed by atoms with van der Waals surface area (Å²) in [6.45, 7) is 0. The van der Waals surface area contributed by atoms with Gasteiger partial charge < -0.3 is 24.6 Å². The van der Waals surface area contributed by atoms with Crippen molar-refractivity contribution in [1.82, 2.24) is 4.90 Å². The van der Waals surface area contributed by atoms with Gasteiger partial charge in [0.2, 0.25) is 0 Å². The van der Waals surface area contributed by atoms with Crippen molar-refractivity contribution in [2.75, 3.05) is 14.1 Å². The lowest BCUT2D eigenvalue weighted by Gasteiger charge is -2.34. The Morgan fingerprint density at radius 1 is 1.21 bits per heavy atom. The molecule has 7 nitrogen and oxygen atoms in total. The molecule has 5 atom stereocenters. The van der Waals surface area contributed by atoms with E-state index in [1.165, 1.54) is 11.1 Å². The van der Waals surface area contributed by atoms with Crippen LogP contribution < -0.4 is 0 Å². The van der Waals surface area contributed by atoms with Crippen LogP contribution in [0.2, 0.25) is 0 Å². The van der Waals surface area contributed by atoms with Crippen LogP contribution >= 0.6 is 0 Å². The number of carbonyl (C=O) groups excluding carboxylic acids is 2. The van der Waals surface area contributed by atoms with Gasteiger partial charge in [0.25, 0.3) is 0 Å². The van der Waals surface area contributed by atoms with Crippen LogP contribution in [0.4, 0.5) is 0 Å². The molecule has 2 N–H and O–H groups in total.